The van der Waals surface area contributed by atoms with Gasteiger partial charge in [0.2, 0.25) is 6.41 Å². The van der Waals surface area contributed by atoms with Crippen LogP contribution < -0.4 is 5.32 Å². The van der Waals surface area contributed by atoms with Gasteiger partial charge in [0.15, 0.2) is 0 Å². The molecule has 0 aliphatic carbocycles. The molecule has 19 heavy (non-hydrogen) atoms. The predicted octanol–water partition coefficient (Wildman–Crippen LogP) is 1.53. The van der Waals surface area contributed by atoms with Crippen LogP contribution in [-0.2, 0) is 16.1 Å². The fraction of sp³-hybridized carbons (Fsp3) is 0.429. The lowest BCUT2D eigenvalue weighted by Gasteiger charge is -2.30. The number of rotatable bonds is 4. The second-order valence-corrected chi connectivity index (χ2v) is 4.59. The van der Waals surface area contributed by atoms with E-state index in [1.54, 1.807) is 4.90 Å². The molecule has 0 aromatic heterocycles. The number of carbonyl (C=O) groups excluding carboxylic acids is 2. The van der Waals surface area contributed by atoms with Gasteiger partial charge in [-0.2, -0.15) is 0 Å². The number of hydrogen-bond acceptors (Lipinski definition) is 3. The van der Waals surface area contributed by atoms with Crippen LogP contribution in [0.5, 0.6) is 0 Å². The molecule has 0 radical (unpaired) electrons. The Labute approximate surface area is 112 Å². The van der Waals surface area contributed by atoms with Gasteiger partial charge in [-0.25, -0.2) is 4.79 Å². The molecular weight excluding hydrogens is 244 g/mol. The van der Waals surface area contributed by atoms with Gasteiger partial charge in [-0.1, -0.05) is 30.3 Å². The molecule has 1 aromatic carbocycles. The molecule has 5 heteroatoms. The molecule has 5 nitrogen and oxygen atoms in total. The molecule has 0 spiro atoms. The maximum Gasteiger partial charge on any atom is 0.410 e. The Hall–Kier alpha value is -2.04. The predicted molar refractivity (Wildman–Crippen MR) is 70.4 cm³/mol. The summed E-state index contributed by atoms with van der Waals surface area (Å²) < 4.78 is 5.26. The number of nitrogens with zero attached hydrogens (tertiary/aromatic N) is 1. The fourth-order valence-electron chi connectivity index (χ4n) is 2.14. The Kier molecular flexibility index (Phi) is 4.78. The molecule has 0 unspecified atom stereocenters. The lowest BCUT2D eigenvalue weighted by molar-refractivity contribution is -0.110. The SMILES string of the molecule is O=CNC1CCN(C(=O)OCc2ccccc2)CC1. The quantitative estimate of drug-likeness (QED) is 0.837. The van der Waals surface area contributed by atoms with Crippen molar-refractivity contribution in [1.29, 1.82) is 0 Å². The Morgan fingerprint density at radius 1 is 1.32 bits per heavy atom. The van der Waals surface area contributed by atoms with E-state index < -0.39 is 0 Å². The zero-order valence-electron chi connectivity index (χ0n) is 10.7. The van der Waals surface area contributed by atoms with Gasteiger partial charge >= 0.3 is 6.09 Å². The first-order valence-corrected chi connectivity index (χ1v) is 6.45. The van der Waals surface area contributed by atoms with Crippen molar-refractivity contribution < 1.29 is 14.3 Å². The van der Waals surface area contributed by atoms with Crippen molar-refractivity contribution in [2.75, 3.05) is 13.1 Å². The Morgan fingerprint density at radius 2 is 2.00 bits per heavy atom. The van der Waals surface area contributed by atoms with Crippen molar-refractivity contribution in [3.63, 3.8) is 0 Å². The number of hydrogen-bond donors (Lipinski definition) is 1. The number of piperidine rings is 1. The van der Waals surface area contributed by atoms with Crippen LogP contribution in [0, 0.1) is 0 Å². The van der Waals surface area contributed by atoms with Crippen LogP contribution in [0.15, 0.2) is 30.3 Å². The smallest absolute Gasteiger partial charge is 0.410 e. The normalized spacial score (nSPS) is 15.9. The Bertz CT molecular complexity index is 414. The average Bonchev–Trinajstić information content (AvgIpc) is 2.47. The topological polar surface area (TPSA) is 58.6 Å². The average molecular weight is 262 g/mol. The first kappa shape index (κ1) is 13.4. The summed E-state index contributed by atoms with van der Waals surface area (Å²) in [5.41, 5.74) is 0.980. The van der Waals surface area contributed by atoms with Gasteiger partial charge in [0, 0.05) is 19.1 Å². The van der Waals surface area contributed by atoms with E-state index in [0.717, 1.165) is 18.4 Å². The summed E-state index contributed by atoms with van der Waals surface area (Å²) in [4.78, 5) is 23.9. The third kappa shape index (κ3) is 3.98. The number of likely N-dealkylation sites (tertiary alicyclic amines) is 1. The fourth-order valence-corrected chi connectivity index (χ4v) is 2.14. The molecule has 1 saturated heterocycles. The van der Waals surface area contributed by atoms with E-state index in [9.17, 15) is 9.59 Å². The van der Waals surface area contributed by atoms with E-state index in [2.05, 4.69) is 5.32 Å². The second-order valence-electron chi connectivity index (χ2n) is 4.59. The third-order valence-corrected chi connectivity index (χ3v) is 3.26. The van der Waals surface area contributed by atoms with E-state index in [1.807, 2.05) is 30.3 Å². The van der Waals surface area contributed by atoms with Crippen molar-refractivity contribution >= 4 is 12.5 Å². The first-order valence-electron chi connectivity index (χ1n) is 6.45. The highest BCUT2D eigenvalue weighted by Gasteiger charge is 2.23. The standard InChI is InChI=1S/C14H18N2O3/c17-11-15-13-6-8-16(9-7-13)14(18)19-10-12-4-2-1-3-5-12/h1-5,11,13H,6-10H2,(H,15,17). The summed E-state index contributed by atoms with van der Waals surface area (Å²) >= 11 is 0. The molecule has 1 aliphatic rings. The zero-order chi connectivity index (χ0) is 13.5. The van der Waals surface area contributed by atoms with Crippen LogP contribution in [0.25, 0.3) is 0 Å². The van der Waals surface area contributed by atoms with Crippen LogP contribution in [0.4, 0.5) is 4.79 Å². The van der Waals surface area contributed by atoms with Crippen LogP contribution in [0.2, 0.25) is 0 Å². The molecular formula is C14H18N2O3. The molecule has 0 atom stereocenters. The second kappa shape index (κ2) is 6.78. The Balaban J connectivity index is 1.74. The van der Waals surface area contributed by atoms with E-state index >= 15 is 0 Å². The highest BCUT2D eigenvalue weighted by molar-refractivity contribution is 5.67. The van der Waals surface area contributed by atoms with E-state index in [0.29, 0.717) is 26.1 Å². The summed E-state index contributed by atoms with van der Waals surface area (Å²) in [5.74, 6) is 0. The summed E-state index contributed by atoms with van der Waals surface area (Å²) in [6, 6.07) is 9.78. The number of nitrogens with one attached hydrogen (secondary N) is 1. The van der Waals surface area contributed by atoms with Crippen molar-refractivity contribution in [3.8, 4) is 0 Å². The summed E-state index contributed by atoms with van der Waals surface area (Å²) in [6.07, 6.45) is 1.99. The largest absolute Gasteiger partial charge is 0.445 e. The van der Waals surface area contributed by atoms with Crippen molar-refractivity contribution in [3.05, 3.63) is 35.9 Å². The lowest BCUT2D eigenvalue weighted by atomic mass is 10.1. The van der Waals surface area contributed by atoms with Gasteiger partial charge in [-0.15, -0.1) is 0 Å². The van der Waals surface area contributed by atoms with E-state index in [1.165, 1.54) is 0 Å². The van der Waals surface area contributed by atoms with Gasteiger partial charge in [-0.3, -0.25) is 4.79 Å². The molecule has 1 fully saturated rings. The molecule has 0 saturated carbocycles. The van der Waals surface area contributed by atoms with E-state index in [-0.39, 0.29) is 12.1 Å². The molecule has 2 rings (SSSR count). The maximum absolute atomic E-state index is 11.8. The van der Waals surface area contributed by atoms with Gasteiger partial charge in [-0.05, 0) is 18.4 Å². The molecule has 2 amide bonds. The number of benzene rings is 1. The number of ether oxygens (including phenoxy) is 1. The molecule has 1 heterocycles. The minimum absolute atomic E-state index is 0.177. The summed E-state index contributed by atoms with van der Waals surface area (Å²) in [7, 11) is 0. The number of carbonyl (C=O) groups is 2. The van der Waals surface area contributed by atoms with Crippen molar-refractivity contribution in [2.24, 2.45) is 0 Å². The first-order chi connectivity index (χ1) is 9.29. The van der Waals surface area contributed by atoms with Gasteiger partial charge in [0.1, 0.15) is 6.61 Å². The Morgan fingerprint density at radius 3 is 2.63 bits per heavy atom. The van der Waals surface area contributed by atoms with E-state index in [4.69, 9.17) is 4.74 Å². The van der Waals surface area contributed by atoms with Gasteiger partial charge in [0.05, 0.1) is 0 Å². The minimum Gasteiger partial charge on any atom is -0.445 e. The molecule has 1 N–H and O–H groups in total. The van der Waals surface area contributed by atoms with Crippen LogP contribution >= 0.6 is 0 Å². The molecule has 1 aromatic rings. The number of amides is 2. The monoisotopic (exact) mass is 262 g/mol. The molecule has 102 valence electrons. The van der Waals surface area contributed by atoms with Crippen LogP contribution in [0.3, 0.4) is 0 Å². The van der Waals surface area contributed by atoms with Crippen LogP contribution in [-0.4, -0.2) is 36.5 Å². The minimum atomic E-state index is -0.284. The van der Waals surface area contributed by atoms with Gasteiger partial charge in [0.25, 0.3) is 0 Å². The van der Waals surface area contributed by atoms with Gasteiger partial charge < -0.3 is 15.0 Å². The summed E-state index contributed by atoms with van der Waals surface area (Å²) in [5, 5.41) is 2.74. The highest BCUT2D eigenvalue weighted by Crippen LogP contribution is 2.12. The van der Waals surface area contributed by atoms with Crippen LogP contribution in [0.1, 0.15) is 18.4 Å². The van der Waals surface area contributed by atoms with Crippen molar-refractivity contribution in [1.82, 2.24) is 10.2 Å². The molecule has 1 aliphatic heterocycles. The van der Waals surface area contributed by atoms with Crippen molar-refractivity contribution in [2.45, 2.75) is 25.5 Å². The molecule has 0 bridgehead atoms. The lowest BCUT2D eigenvalue weighted by Crippen LogP contribution is -2.44. The zero-order valence-corrected chi connectivity index (χ0v) is 10.7. The highest BCUT2D eigenvalue weighted by atomic mass is 16.6. The third-order valence-electron chi connectivity index (χ3n) is 3.26. The summed E-state index contributed by atoms with van der Waals surface area (Å²) in [6.45, 7) is 1.55. The maximum atomic E-state index is 11.8.